The summed E-state index contributed by atoms with van der Waals surface area (Å²) in [5.74, 6) is 0.708. The van der Waals surface area contributed by atoms with Crippen LogP contribution in [0.25, 0.3) is 0 Å². The summed E-state index contributed by atoms with van der Waals surface area (Å²) in [6.45, 7) is 7.52. The van der Waals surface area contributed by atoms with Crippen molar-refractivity contribution >= 4 is 16.7 Å². The predicted molar refractivity (Wildman–Crippen MR) is 68.9 cm³/mol. The molecule has 0 aromatic rings. The third-order valence-corrected chi connectivity index (χ3v) is 2.80. The normalized spacial score (nSPS) is 13.5. The smallest absolute Gasteiger partial charge is 0.221 e. The predicted octanol–water partition coefficient (Wildman–Crippen LogP) is 0.649. The minimum absolute atomic E-state index is 0.0543. The second kappa shape index (κ2) is 7.79. The molecule has 1 atom stereocenters. The third-order valence-electron chi connectivity index (χ3n) is 1.94. The van der Waals surface area contributed by atoms with Crippen molar-refractivity contribution in [2.24, 2.45) is 0 Å². The Balaban J connectivity index is 3.42. The number of hydrogen-bond donors (Lipinski definition) is 2. The molecule has 4 nitrogen and oxygen atoms in total. The van der Waals surface area contributed by atoms with Gasteiger partial charge < -0.3 is 10.6 Å². The van der Waals surface area contributed by atoms with Gasteiger partial charge in [0.05, 0.1) is 0 Å². The van der Waals surface area contributed by atoms with E-state index in [-0.39, 0.29) is 11.4 Å². The number of nitrogens with one attached hydrogen (secondary N) is 2. The largest absolute Gasteiger partial charge is 0.356 e. The lowest BCUT2D eigenvalue weighted by Gasteiger charge is -2.20. The van der Waals surface area contributed by atoms with Crippen molar-refractivity contribution in [2.45, 2.75) is 39.2 Å². The molecule has 0 heterocycles. The van der Waals surface area contributed by atoms with Gasteiger partial charge in [-0.1, -0.05) is 0 Å². The zero-order valence-corrected chi connectivity index (χ0v) is 11.6. The molecule has 0 saturated carbocycles. The topological polar surface area (TPSA) is 58.2 Å². The van der Waals surface area contributed by atoms with Gasteiger partial charge in [-0.05, 0) is 27.2 Å². The quantitative estimate of drug-likeness (QED) is 0.650. The summed E-state index contributed by atoms with van der Waals surface area (Å²) in [7, 11) is -0.761. The Morgan fingerprint density at radius 1 is 1.25 bits per heavy atom. The van der Waals surface area contributed by atoms with Crippen molar-refractivity contribution < 1.29 is 9.00 Å². The Bertz CT molecular complexity index is 237. The minimum Gasteiger partial charge on any atom is -0.356 e. The van der Waals surface area contributed by atoms with Gasteiger partial charge >= 0.3 is 0 Å². The number of rotatable bonds is 7. The molecule has 0 rings (SSSR count). The summed E-state index contributed by atoms with van der Waals surface area (Å²) in [6.07, 6.45) is 2.95. The lowest BCUT2D eigenvalue weighted by molar-refractivity contribution is -0.121. The summed E-state index contributed by atoms with van der Waals surface area (Å²) >= 11 is 0. The molecule has 0 aromatic heterocycles. The fraction of sp³-hybridized carbons (Fsp3) is 0.909. The number of hydrogen-bond acceptors (Lipinski definition) is 3. The Morgan fingerprint density at radius 3 is 2.38 bits per heavy atom. The lowest BCUT2D eigenvalue weighted by atomic mass is 10.1. The van der Waals surface area contributed by atoms with E-state index in [1.807, 2.05) is 0 Å². The average Bonchev–Trinajstić information content (AvgIpc) is 2.10. The molecule has 0 spiro atoms. The van der Waals surface area contributed by atoms with Crippen molar-refractivity contribution in [3.63, 3.8) is 0 Å². The first-order valence-electron chi connectivity index (χ1n) is 5.63. The highest BCUT2D eigenvalue weighted by molar-refractivity contribution is 7.84. The number of carbonyl (C=O) groups is 1. The average molecular weight is 248 g/mol. The number of carbonyl (C=O) groups excluding carboxylic acids is 1. The summed E-state index contributed by atoms with van der Waals surface area (Å²) < 4.78 is 10.8. The standard InChI is InChI=1S/C11H24N2O2S/c1-11(2,3)13-8-6-10(14)12-7-5-9-16(4)15/h13H,5-9H2,1-4H3,(H,12,14). The molecular weight excluding hydrogens is 224 g/mol. The Labute approximate surface area is 101 Å². The summed E-state index contributed by atoms with van der Waals surface area (Å²) in [4.78, 5) is 11.3. The van der Waals surface area contributed by atoms with Crippen LogP contribution in [0.2, 0.25) is 0 Å². The van der Waals surface area contributed by atoms with E-state index in [4.69, 9.17) is 0 Å². The van der Waals surface area contributed by atoms with Gasteiger partial charge in [0.15, 0.2) is 0 Å². The molecule has 0 fully saturated rings. The molecule has 5 heteroatoms. The first-order valence-corrected chi connectivity index (χ1v) is 7.36. The Hall–Kier alpha value is -0.420. The molecule has 96 valence electrons. The SMILES string of the molecule is CS(=O)CCCNC(=O)CCNC(C)(C)C. The van der Waals surface area contributed by atoms with Gasteiger partial charge in [0, 0.05) is 47.9 Å². The van der Waals surface area contributed by atoms with E-state index < -0.39 is 10.8 Å². The molecule has 0 bridgehead atoms. The molecule has 0 aliphatic rings. The first kappa shape index (κ1) is 15.6. The molecule has 16 heavy (non-hydrogen) atoms. The van der Waals surface area contributed by atoms with Gasteiger partial charge in [-0.2, -0.15) is 0 Å². The molecule has 1 unspecified atom stereocenters. The van der Waals surface area contributed by atoms with E-state index in [0.717, 1.165) is 6.42 Å². The monoisotopic (exact) mass is 248 g/mol. The Morgan fingerprint density at radius 2 is 1.88 bits per heavy atom. The van der Waals surface area contributed by atoms with Crippen LogP contribution in [0, 0.1) is 0 Å². The summed E-state index contributed by atoms with van der Waals surface area (Å²) in [6, 6.07) is 0. The van der Waals surface area contributed by atoms with Crippen LogP contribution in [0.5, 0.6) is 0 Å². The summed E-state index contributed by atoms with van der Waals surface area (Å²) in [5.41, 5.74) is 0.0550. The van der Waals surface area contributed by atoms with Crippen LogP contribution >= 0.6 is 0 Å². The fourth-order valence-corrected chi connectivity index (χ4v) is 1.69. The summed E-state index contributed by atoms with van der Waals surface area (Å²) in [5, 5.41) is 6.06. The van der Waals surface area contributed by atoms with Crippen LogP contribution in [0.1, 0.15) is 33.6 Å². The van der Waals surface area contributed by atoms with Crippen molar-refractivity contribution in [3.05, 3.63) is 0 Å². The van der Waals surface area contributed by atoms with E-state index >= 15 is 0 Å². The van der Waals surface area contributed by atoms with Crippen molar-refractivity contribution in [1.82, 2.24) is 10.6 Å². The van der Waals surface area contributed by atoms with Crippen LogP contribution in [-0.4, -0.2) is 40.8 Å². The highest BCUT2D eigenvalue weighted by Gasteiger charge is 2.09. The highest BCUT2D eigenvalue weighted by atomic mass is 32.2. The van der Waals surface area contributed by atoms with Gasteiger partial charge in [-0.3, -0.25) is 9.00 Å². The second-order valence-electron chi connectivity index (χ2n) is 4.91. The van der Waals surface area contributed by atoms with E-state index in [9.17, 15) is 9.00 Å². The number of amides is 1. The lowest BCUT2D eigenvalue weighted by Crippen LogP contribution is -2.38. The van der Waals surface area contributed by atoms with E-state index in [0.29, 0.717) is 25.3 Å². The van der Waals surface area contributed by atoms with Crippen LogP contribution in [-0.2, 0) is 15.6 Å². The minimum atomic E-state index is -0.761. The Kier molecular flexibility index (Phi) is 7.58. The fourth-order valence-electron chi connectivity index (χ4n) is 1.14. The van der Waals surface area contributed by atoms with Gasteiger partial charge in [-0.25, -0.2) is 0 Å². The molecule has 0 radical (unpaired) electrons. The molecular formula is C11H24N2O2S. The van der Waals surface area contributed by atoms with Crippen molar-refractivity contribution in [1.29, 1.82) is 0 Å². The molecule has 0 saturated heterocycles. The second-order valence-corrected chi connectivity index (χ2v) is 6.46. The van der Waals surface area contributed by atoms with E-state index in [1.165, 1.54) is 0 Å². The molecule has 0 aliphatic heterocycles. The maximum atomic E-state index is 11.3. The molecule has 2 N–H and O–H groups in total. The molecule has 1 amide bonds. The zero-order valence-electron chi connectivity index (χ0n) is 10.8. The van der Waals surface area contributed by atoms with Crippen LogP contribution in [0.4, 0.5) is 0 Å². The van der Waals surface area contributed by atoms with Crippen LogP contribution in [0.3, 0.4) is 0 Å². The van der Waals surface area contributed by atoms with Crippen LogP contribution in [0.15, 0.2) is 0 Å². The van der Waals surface area contributed by atoms with Gasteiger partial charge in [-0.15, -0.1) is 0 Å². The van der Waals surface area contributed by atoms with Gasteiger partial charge in [0.1, 0.15) is 0 Å². The van der Waals surface area contributed by atoms with Crippen molar-refractivity contribution in [3.8, 4) is 0 Å². The maximum Gasteiger partial charge on any atom is 0.221 e. The van der Waals surface area contributed by atoms with E-state index in [2.05, 4.69) is 31.4 Å². The molecule has 0 aliphatic carbocycles. The first-order chi connectivity index (χ1) is 7.31. The van der Waals surface area contributed by atoms with Gasteiger partial charge in [0.2, 0.25) is 5.91 Å². The molecule has 0 aromatic carbocycles. The van der Waals surface area contributed by atoms with E-state index in [1.54, 1.807) is 6.26 Å². The van der Waals surface area contributed by atoms with Crippen molar-refractivity contribution in [2.75, 3.05) is 25.1 Å². The van der Waals surface area contributed by atoms with Crippen LogP contribution < -0.4 is 10.6 Å². The van der Waals surface area contributed by atoms with Gasteiger partial charge in [0.25, 0.3) is 0 Å². The third kappa shape index (κ3) is 11.7. The zero-order chi connectivity index (χ0) is 12.6. The highest BCUT2D eigenvalue weighted by Crippen LogP contribution is 1.97. The maximum absolute atomic E-state index is 11.3.